The van der Waals surface area contributed by atoms with E-state index in [1.165, 1.54) is 5.56 Å². The number of pyridine rings is 1. The van der Waals surface area contributed by atoms with Crippen LogP contribution in [0.15, 0.2) is 12.1 Å². The molecular formula is C17H24N4. The molecule has 0 aliphatic rings. The summed E-state index contributed by atoms with van der Waals surface area (Å²) in [4.78, 5) is 13.8. The van der Waals surface area contributed by atoms with E-state index in [9.17, 15) is 0 Å². The van der Waals surface area contributed by atoms with E-state index in [0.29, 0.717) is 0 Å². The molecule has 21 heavy (non-hydrogen) atoms. The van der Waals surface area contributed by atoms with E-state index in [4.69, 9.17) is 9.97 Å². The molecule has 0 unspecified atom stereocenters. The van der Waals surface area contributed by atoms with Crippen molar-refractivity contribution in [1.29, 1.82) is 0 Å². The van der Waals surface area contributed by atoms with Gasteiger partial charge in [0.2, 0.25) is 0 Å². The fourth-order valence-electron chi connectivity index (χ4n) is 2.58. The van der Waals surface area contributed by atoms with Gasteiger partial charge in [-0.3, -0.25) is 4.98 Å². The zero-order valence-electron chi connectivity index (χ0n) is 13.6. The number of nitrogens with zero attached hydrogens (tertiary/aromatic N) is 3. The van der Waals surface area contributed by atoms with Crippen molar-refractivity contribution >= 4 is 0 Å². The van der Waals surface area contributed by atoms with E-state index < -0.39 is 0 Å². The van der Waals surface area contributed by atoms with Crippen LogP contribution in [0.25, 0.3) is 11.4 Å². The second-order valence-corrected chi connectivity index (χ2v) is 5.44. The number of nitrogens with one attached hydrogen (secondary N) is 1. The van der Waals surface area contributed by atoms with Crippen molar-refractivity contribution in [3.8, 4) is 11.4 Å². The third-order valence-electron chi connectivity index (χ3n) is 3.56. The minimum Gasteiger partial charge on any atom is -0.317 e. The van der Waals surface area contributed by atoms with Crippen LogP contribution in [0.5, 0.6) is 0 Å². The minimum atomic E-state index is 0.797. The predicted octanol–water partition coefficient (Wildman–Crippen LogP) is 2.92. The van der Waals surface area contributed by atoms with Gasteiger partial charge in [-0.2, -0.15) is 0 Å². The Kier molecular flexibility index (Phi) is 5.02. The van der Waals surface area contributed by atoms with Crippen LogP contribution in [0.4, 0.5) is 0 Å². The lowest BCUT2D eigenvalue weighted by atomic mass is 10.1. The van der Waals surface area contributed by atoms with E-state index in [0.717, 1.165) is 53.7 Å². The first-order chi connectivity index (χ1) is 10.0. The molecule has 2 aromatic rings. The summed E-state index contributed by atoms with van der Waals surface area (Å²) in [5.41, 5.74) is 6.44. The lowest BCUT2D eigenvalue weighted by Crippen LogP contribution is -2.17. The molecule has 0 saturated carbocycles. The van der Waals surface area contributed by atoms with Gasteiger partial charge < -0.3 is 5.32 Å². The summed E-state index contributed by atoms with van der Waals surface area (Å²) in [5.74, 6) is 0.797. The third kappa shape index (κ3) is 3.85. The first kappa shape index (κ1) is 15.6. The normalized spacial score (nSPS) is 10.9. The molecule has 0 fully saturated rings. The molecule has 1 N–H and O–H groups in total. The molecule has 2 aromatic heterocycles. The van der Waals surface area contributed by atoms with Gasteiger partial charge >= 0.3 is 0 Å². The molecule has 112 valence electrons. The minimum absolute atomic E-state index is 0.797. The molecule has 0 spiro atoms. The average molecular weight is 284 g/mol. The van der Waals surface area contributed by atoms with Crippen LogP contribution in [-0.4, -0.2) is 28.0 Å². The molecule has 4 heteroatoms. The number of hydrogen-bond acceptors (Lipinski definition) is 4. The van der Waals surface area contributed by atoms with E-state index in [1.807, 2.05) is 26.0 Å². The smallest absolute Gasteiger partial charge is 0.159 e. The second-order valence-electron chi connectivity index (χ2n) is 5.44. The molecule has 0 radical (unpaired) electrons. The van der Waals surface area contributed by atoms with Gasteiger partial charge in [0.15, 0.2) is 5.82 Å². The molecule has 0 amide bonds. The van der Waals surface area contributed by atoms with E-state index in [1.54, 1.807) is 0 Å². The van der Waals surface area contributed by atoms with Crippen molar-refractivity contribution in [1.82, 2.24) is 20.3 Å². The van der Waals surface area contributed by atoms with Crippen molar-refractivity contribution in [2.75, 3.05) is 13.1 Å². The molecule has 0 aliphatic carbocycles. The van der Waals surface area contributed by atoms with Gasteiger partial charge in [0, 0.05) is 28.3 Å². The summed E-state index contributed by atoms with van der Waals surface area (Å²) >= 11 is 0. The highest BCUT2D eigenvalue weighted by Gasteiger charge is 2.10. The third-order valence-corrected chi connectivity index (χ3v) is 3.56. The fourth-order valence-corrected chi connectivity index (χ4v) is 2.58. The van der Waals surface area contributed by atoms with Gasteiger partial charge in [0.05, 0.1) is 0 Å². The number of likely N-dealkylation sites (N-methyl/N-ethyl adjacent to an activating group) is 1. The standard InChI is InChI=1S/C17H24N4/c1-6-18-8-7-16-13(4)20-17(21-14(16)5)15-9-11(2)19-12(3)10-15/h9-10,18H,6-8H2,1-5H3. The zero-order valence-corrected chi connectivity index (χ0v) is 13.6. The topological polar surface area (TPSA) is 50.7 Å². The second kappa shape index (κ2) is 6.76. The molecule has 4 nitrogen and oxygen atoms in total. The largest absolute Gasteiger partial charge is 0.317 e. The van der Waals surface area contributed by atoms with Crippen LogP contribution < -0.4 is 5.32 Å². The zero-order chi connectivity index (χ0) is 15.4. The summed E-state index contributed by atoms with van der Waals surface area (Å²) in [7, 11) is 0. The molecule has 0 saturated heterocycles. The van der Waals surface area contributed by atoms with Crippen LogP contribution in [0.3, 0.4) is 0 Å². The molecular weight excluding hydrogens is 260 g/mol. The van der Waals surface area contributed by atoms with Gasteiger partial charge in [-0.1, -0.05) is 6.92 Å². The Labute approximate surface area is 127 Å². The van der Waals surface area contributed by atoms with Crippen molar-refractivity contribution in [2.45, 2.75) is 41.0 Å². The Morgan fingerprint density at radius 1 is 0.905 bits per heavy atom. The first-order valence-corrected chi connectivity index (χ1v) is 7.51. The average Bonchev–Trinajstić information content (AvgIpc) is 2.40. The lowest BCUT2D eigenvalue weighted by Gasteiger charge is -2.12. The van der Waals surface area contributed by atoms with E-state index in [-0.39, 0.29) is 0 Å². The summed E-state index contributed by atoms with van der Waals surface area (Å²) in [6.45, 7) is 12.2. The molecule has 0 aliphatic heterocycles. The highest BCUT2D eigenvalue weighted by atomic mass is 14.9. The van der Waals surface area contributed by atoms with Crippen LogP contribution in [-0.2, 0) is 6.42 Å². The maximum absolute atomic E-state index is 4.70. The van der Waals surface area contributed by atoms with Gasteiger partial charge in [0.25, 0.3) is 0 Å². The highest BCUT2D eigenvalue weighted by molar-refractivity contribution is 5.56. The van der Waals surface area contributed by atoms with Gasteiger partial charge in [0.1, 0.15) is 0 Å². The highest BCUT2D eigenvalue weighted by Crippen LogP contribution is 2.20. The number of aromatic nitrogens is 3. The Hall–Kier alpha value is -1.81. The predicted molar refractivity (Wildman–Crippen MR) is 86.5 cm³/mol. The van der Waals surface area contributed by atoms with Crippen LogP contribution in [0.2, 0.25) is 0 Å². The lowest BCUT2D eigenvalue weighted by molar-refractivity contribution is 0.708. The quantitative estimate of drug-likeness (QED) is 0.858. The van der Waals surface area contributed by atoms with Crippen molar-refractivity contribution in [3.63, 3.8) is 0 Å². The Balaban J connectivity index is 2.34. The Bertz CT molecular complexity index is 591. The number of aryl methyl sites for hydroxylation is 4. The van der Waals surface area contributed by atoms with Crippen LogP contribution in [0.1, 0.15) is 35.3 Å². The molecule has 2 heterocycles. The summed E-state index contributed by atoms with van der Waals surface area (Å²) in [6.07, 6.45) is 0.972. The van der Waals surface area contributed by atoms with Crippen molar-refractivity contribution < 1.29 is 0 Å². The van der Waals surface area contributed by atoms with Gasteiger partial charge in [-0.15, -0.1) is 0 Å². The van der Waals surface area contributed by atoms with Crippen molar-refractivity contribution in [2.24, 2.45) is 0 Å². The van der Waals surface area contributed by atoms with Crippen molar-refractivity contribution in [3.05, 3.63) is 40.5 Å². The molecule has 0 atom stereocenters. The summed E-state index contributed by atoms with van der Waals surface area (Å²) < 4.78 is 0. The number of rotatable bonds is 5. The number of hydrogen-bond donors (Lipinski definition) is 1. The summed E-state index contributed by atoms with van der Waals surface area (Å²) in [6, 6.07) is 4.08. The first-order valence-electron chi connectivity index (χ1n) is 7.51. The maximum atomic E-state index is 4.70. The summed E-state index contributed by atoms with van der Waals surface area (Å²) in [5, 5.41) is 3.35. The maximum Gasteiger partial charge on any atom is 0.159 e. The fraction of sp³-hybridized carbons (Fsp3) is 0.471. The van der Waals surface area contributed by atoms with Crippen LogP contribution in [0, 0.1) is 27.7 Å². The van der Waals surface area contributed by atoms with E-state index in [2.05, 4.69) is 31.1 Å². The van der Waals surface area contributed by atoms with Crippen LogP contribution >= 0.6 is 0 Å². The molecule has 0 aromatic carbocycles. The SMILES string of the molecule is CCNCCc1c(C)nc(-c2cc(C)nc(C)c2)nc1C. The molecule has 2 rings (SSSR count). The Morgan fingerprint density at radius 3 is 2.00 bits per heavy atom. The molecule has 0 bridgehead atoms. The van der Waals surface area contributed by atoms with E-state index >= 15 is 0 Å². The Morgan fingerprint density at radius 2 is 1.48 bits per heavy atom. The van der Waals surface area contributed by atoms with Gasteiger partial charge in [-0.05, 0) is 64.9 Å². The monoisotopic (exact) mass is 284 g/mol. The van der Waals surface area contributed by atoms with Gasteiger partial charge in [-0.25, -0.2) is 9.97 Å².